The molecule has 0 fully saturated rings. The van der Waals surface area contributed by atoms with Gasteiger partial charge in [0.2, 0.25) is 0 Å². The second-order valence-electron chi connectivity index (χ2n) is 4.47. The van der Waals surface area contributed by atoms with E-state index in [-0.39, 0.29) is 0 Å². The molecule has 0 heterocycles. The Labute approximate surface area is 109 Å². The summed E-state index contributed by atoms with van der Waals surface area (Å²) >= 11 is 0. The number of hydrogen-bond donors (Lipinski definition) is 0. The number of hydrogen-bond acceptors (Lipinski definition) is 0. The largest absolute Gasteiger partial charge is 0.103 e. The summed E-state index contributed by atoms with van der Waals surface area (Å²) in [5.74, 6) is 13.0. The molecule has 96 valence electrons. The van der Waals surface area contributed by atoms with Crippen molar-refractivity contribution in [3.05, 3.63) is 0 Å². The molecule has 0 amide bonds. The van der Waals surface area contributed by atoms with E-state index in [0.29, 0.717) is 0 Å². The maximum atomic E-state index is 3.26. The van der Waals surface area contributed by atoms with E-state index in [9.17, 15) is 0 Å². The van der Waals surface area contributed by atoms with Crippen LogP contribution >= 0.6 is 0 Å². The fourth-order valence-electron chi connectivity index (χ4n) is 1.51. The van der Waals surface area contributed by atoms with Crippen LogP contribution in [0.5, 0.6) is 0 Å². The Morgan fingerprint density at radius 3 is 1.24 bits per heavy atom. The Morgan fingerprint density at radius 2 is 0.824 bits per heavy atom. The molecule has 0 saturated carbocycles. The van der Waals surface area contributed by atoms with Gasteiger partial charge in [-0.2, -0.15) is 0 Å². The third kappa shape index (κ3) is 15.1. The summed E-state index contributed by atoms with van der Waals surface area (Å²) in [7, 11) is 0. The van der Waals surface area contributed by atoms with Gasteiger partial charge in [-0.25, -0.2) is 0 Å². The van der Waals surface area contributed by atoms with E-state index in [1.54, 1.807) is 0 Å². The van der Waals surface area contributed by atoms with E-state index in [0.717, 1.165) is 25.7 Å². The number of unbranched alkanes of at least 4 members (excludes halogenated alkanes) is 8. The normalized spacial score (nSPS) is 9.06. The monoisotopic (exact) mass is 232 g/mol. The summed E-state index contributed by atoms with van der Waals surface area (Å²) < 4.78 is 0. The third-order valence-corrected chi connectivity index (χ3v) is 2.66. The van der Waals surface area contributed by atoms with Crippen LogP contribution in [-0.2, 0) is 0 Å². The Hall–Kier alpha value is -0.880. The molecule has 0 atom stereocenters. The first kappa shape index (κ1) is 16.1. The quantitative estimate of drug-likeness (QED) is 0.392. The predicted octanol–water partition coefficient (Wildman–Crippen LogP) is 5.32. The van der Waals surface area contributed by atoms with Crippen LogP contribution in [-0.4, -0.2) is 0 Å². The highest BCUT2D eigenvalue weighted by atomic mass is 13.9. The molecule has 0 saturated heterocycles. The molecule has 0 N–H and O–H groups in total. The zero-order chi connectivity index (χ0) is 12.6. The van der Waals surface area contributed by atoms with Crippen LogP contribution in [0.25, 0.3) is 0 Å². The van der Waals surface area contributed by atoms with Crippen LogP contribution < -0.4 is 0 Å². The van der Waals surface area contributed by atoms with Gasteiger partial charge in [-0.05, 0) is 25.7 Å². The molecule has 0 aromatic heterocycles. The summed E-state index contributed by atoms with van der Waals surface area (Å²) in [5.41, 5.74) is 0. The average Bonchev–Trinajstić information content (AvgIpc) is 2.35. The molecular formula is C17H28. The van der Waals surface area contributed by atoms with E-state index in [4.69, 9.17) is 0 Å². The van der Waals surface area contributed by atoms with Crippen molar-refractivity contribution in [3.8, 4) is 23.7 Å². The zero-order valence-electron chi connectivity index (χ0n) is 11.8. The standard InChI is InChI=1S/C17H28/c1-3-5-7-9-11-13-15-17-16-14-12-10-8-6-4-2/h3-9,14-17H2,1-2H3. The number of rotatable bonds is 8. The molecular weight excluding hydrogens is 204 g/mol. The van der Waals surface area contributed by atoms with Gasteiger partial charge in [0.1, 0.15) is 0 Å². The molecule has 0 aromatic rings. The van der Waals surface area contributed by atoms with Crippen molar-refractivity contribution >= 4 is 0 Å². The Morgan fingerprint density at radius 1 is 0.471 bits per heavy atom. The van der Waals surface area contributed by atoms with E-state index >= 15 is 0 Å². The van der Waals surface area contributed by atoms with E-state index in [1.165, 1.54) is 44.9 Å². The SMILES string of the molecule is CCCCC#CCCCCC#CCCCCC. The first-order valence-electron chi connectivity index (χ1n) is 7.33. The molecule has 0 aliphatic heterocycles. The highest BCUT2D eigenvalue weighted by molar-refractivity contribution is 5.00. The van der Waals surface area contributed by atoms with Crippen molar-refractivity contribution in [3.63, 3.8) is 0 Å². The highest BCUT2D eigenvalue weighted by Crippen LogP contribution is 2.00. The van der Waals surface area contributed by atoms with Gasteiger partial charge in [0.25, 0.3) is 0 Å². The summed E-state index contributed by atoms with van der Waals surface area (Å²) in [5, 5.41) is 0. The smallest absolute Gasteiger partial charge is 0.00890 e. The van der Waals surface area contributed by atoms with Gasteiger partial charge in [-0.15, -0.1) is 23.7 Å². The Bertz CT molecular complexity index is 253. The average molecular weight is 232 g/mol. The van der Waals surface area contributed by atoms with Crippen LogP contribution in [0.15, 0.2) is 0 Å². The van der Waals surface area contributed by atoms with Crippen LogP contribution in [0.1, 0.15) is 84.5 Å². The molecule has 0 aliphatic rings. The van der Waals surface area contributed by atoms with Crippen LogP contribution in [0.2, 0.25) is 0 Å². The molecule has 17 heavy (non-hydrogen) atoms. The fourth-order valence-corrected chi connectivity index (χ4v) is 1.51. The summed E-state index contributed by atoms with van der Waals surface area (Å²) in [6.07, 6.45) is 13.1. The second-order valence-corrected chi connectivity index (χ2v) is 4.47. The molecule has 0 radical (unpaired) electrons. The first-order chi connectivity index (χ1) is 8.41. The van der Waals surface area contributed by atoms with E-state index < -0.39 is 0 Å². The topological polar surface area (TPSA) is 0 Å². The van der Waals surface area contributed by atoms with Crippen LogP contribution in [0.3, 0.4) is 0 Å². The lowest BCUT2D eigenvalue weighted by molar-refractivity contribution is 0.735. The van der Waals surface area contributed by atoms with Gasteiger partial charge < -0.3 is 0 Å². The van der Waals surface area contributed by atoms with Crippen molar-refractivity contribution < 1.29 is 0 Å². The molecule has 0 bridgehead atoms. The van der Waals surface area contributed by atoms with Gasteiger partial charge in [0.05, 0.1) is 0 Å². The van der Waals surface area contributed by atoms with Gasteiger partial charge in [-0.3, -0.25) is 0 Å². The second kappa shape index (κ2) is 15.1. The summed E-state index contributed by atoms with van der Waals surface area (Å²) in [6, 6.07) is 0. The minimum atomic E-state index is 1.06. The van der Waals surface area contributed by atoms with Crippen molar-refractivity contribution in [2.24, 2.45) is 0 Å². The van der Waals surface area contributed by atoms with Crippen molar-refractivity contribution in [1.29, 1.82) is 0 Å². The Balaban J connectivity index is 3.18. The lowest BCUT2D eigenvalue weighted by Crippen LogP contribution is -1.75. The van der Waals surface area contributed by atoms with Gasteiger partial charge in [0.15, 0.2) is 0 Å². The van der Waals surface area contributed by atoms with Crippen molar-refractivity contribution in [2.75, 3.05) is 0 Å². The zero-order valence-corrected chi connectivity index (χ0v) is 11.8. The summed E-state index contributed by atoms with van der Waals surface area (Å²) in [4.78, 5) is 0. The molecule has 0 rings (SSSR count). The van der Waals surface area contributed by atoms with Crippen molar-refractivity contribution in [2.45, 2.75) is 84.5 Å². The van der Waals surface area contributed by atoms with E-state index in [1.807, 2.05) is 0 Å². The highest BCUT2D eigenvalue weighted by Gasteiger charge is 1.84. The van der Waals surface area contributed by atoms with Crippen molar-refractivity contribution in [1.82, 2.24) is 0 Å². The Kier molecular flexibility index (Phi) is 14.3. The van der Waals surface area contributed by atoms with E-state index in [2.05, 4.69) is 37.5 Å². The predicted molar refractivity (Wildman–Crippen MR) is 77.7 cm³/mol. The third-order valence-electron chi connectivity index (χ3n) is 2.66. The van der Waals surface area contributed by atoms with Gasteiger partial charge in [0, 0.05) is 25.7 Å². The van der Waals surface area contributed by atoms with Gasteiger partial charge in [-0.1, -0.05) is 33.1 Å². The lowest BCUT2D eigenvalue weighted by Gasteiger charge is -1.90. The molecule has 0 nitrogen and oxygen atoms in total. The lowest BCUT2D eigenvalue weighted by atomic mass is 10.1. The van der Waals surface area contributed by atoms with Crippen LogP contribution in [0.4, 0.5) is 0 Å². The first-order valence-corrected chi connectivity index (χ1v) is 7.33. The molecule has 0 spiro atoms. The molecule has 0 unspecified atom stereocenters. The molecule has 0 heteroatoms. The summed E-state index contributed by atoms with van der Waals surface area (Å²) in [6.45, 7) is 4.44. The minimum Gasteiger partial charge on any atom is -0.103 e. The minimum absolute atomic E-state index is 1.06. The maximum Gasteiger partial charge on any atom is 0.00890 e. The molecule has 0 aliphatic carbocycles. The van der Waals surface area contributed by atoms with Crippen LogP contribution in [0, 0.1) is 23.7 Å². The maximum absolute atomic E-state index is 3.26. The van der Waals surface area contributed by atoms with Gasteiger partial charge >= 0.3 is 0 Å². The molecule has 0 aromatic carbocycles. The fraction of sp³-hybridized carbons (Fsp3) is 0.765.